The zero-order valence-electron chi connectivity index (χ0n) is 15.1. The molecular weight excluding hydrogens is 391 g/mol. The van der Waals surface area contributed by atoms with E-state index in [2.05, 4.69) is 0 Å². The molecule has 0 aromatic carbocycles. The number of alkyl halides is 1. The summed E-state index contributed by atoms with van der Waals surface area (Å²) in [5, 5.41) is 102. The third-order valence-electron chi connectivity index (χ3n) is 5.38. The number of aliphatic hydroxyl groups is 11. The van der Waals surface area contributed by atoms with Gasteiger partial charge in [-0.05, 0) is 13.8 Å². The minimum atomic E-state index is -3.07. The van der Waals surface area contributed by atoms with Crippen molar-refractivity contribution in [3.8, 4) is 0 Å². The van der Waals surface area contributed by atoms with Gasteiger partial charge in [-0.1, -0.05) is 0 Å². The molecular formula is C14H29FN2O11. The van der Waals surface area contributed by atoms with E-state index in [1.165, 1.54) is 0 Å². The summed E-state index contributed by atoms with van der Waals surface area (Å²) in [6, 6.07) is 0. The number of hydrogen-bond donors (Lipinski definition) is 13. The van der Waals surface area contributed by atoms with Crippen molar-refractivity contribution in [3.63, 3.8) is 0 Å². The van der Waals surface area contributed by atoms with Gasteiger partial charge in [-0.25, -0.2) is 4.39 Å². The summed E-state index contributed by atoms with van der Waals surface area (Å²) in [5.74, 6) is -3.07. The number of halogens is 1. The smallest absolute Gasteiger partial charge is 0.216 e. The first-order valence-corrected chi connectivity index (χ1v) is 8.15. The van der Waals surface area contributed by atoms with E-state index in [9.17, 15) is 50.3 Å². The summed E-state index contributed by atoms with van der Waals surface area (Å²) < 4.78 is 13.4. The maximum absolute atomic E-state index is 13.4. The molecule has 0 aliphatic heterocycles. The van der Waals surface area contributed by atoms with Crippen LogP contribution in [0.1, 0.15) is 13.8 Å². The predicted octanol–water partition coefficient (Wildman–Crippen LogP) is -7.34. The zero-order valence-corrected chi connectivity index (χ0v) is 15.1. The molecule has 15 N–H and O–H groups in total. The van der Waals surface area contributed by atoms with E-state index in [4.69, 9.17) is 21.7 Å². The third-order valence-corrected chi connectivity index (χ3v) is 5.38. The van der Waals surface area contributed by atoms with Crippen LogP contribution >= 0.6 is 0 Å². The molecule has 168 valence electrons. The lowest BCUT2D eigenvalue weighted by atomic mass is 9.73. The molecule has 12 atom stereocenters. The normalized spacial score (nSPS) is 60.0. The van der Waals surface area contributed by atoms with Crippen LogP contribution in [0.2, 0.25) is 0 Å². The number of hydrogen-bond acceptors (Lipinski definition) is 13. The lowest BCUT2D eigenvalue weighted by molar-refractivity contribution is -0.298. The molecule has 28 heavy (non-hydrogen) atoms. The summed E-state index contributed by atoms with van der Waals surface area (Å²) in [6.07, 6.45) is -15.7. The van der Waals surface area contributed by atoms with Crippen molar-refractivity contribution in [2.75, 3.05) is 0 Å². The van der Waals surface area contributed by atoms with Gasteiger partial charge in [-0.15, -0.1) is 0 Å². The molecule has 0 radical (unpaired) electrons. The number of aliphatic hydroxyl groups excluding tert-OH is 8. The van der Waals surface area contributed by atoms with E-state index in [1.807, 2.05) is 0 Å². The van der Waals surface area contributed by atoms with Crippen LogP contribution in [0.5, 0.6) is 0 Å². The van der Waals surface area contributed by atoms with Crippen LogP contribution < -0.4 is 11.5 Å². The summed E-state index contributed by atoms with van der Waals surface area (Å²) in [6.45, 7) is 1.91. The van der Waals surface area contributed by atoms with Crippen LogP contribution in [0.25, 0.3) is 0 Å². The fraction of sp³-hybridized carbons (Fsp3) is 1.00. The van der Waals surface area contributed by atoms with Crippen LogP contribution in [0.15, 0.2) is 0 Å². The minimum Gasteiger partial charge on any atom is -0.387 e. The van der Waals surface area contributed by atoms with E-state index >= 15 is 0 Å². The molecule has 2 saturated carbocycles. The first kappa shape index (κ1) is 25.4. The Bertz CT molecular complexity index is 469. The first-order chi connectivity index (χ1) is 12.3. The van der Waals surface area contributed by atoms with Gasteiger partial charge in [0, 0.05) is 0 Å². The monoisotopic (exact) mass is 420 g/mol. The molecule has 0 unspecified atom stereocenters. The second-order valence-corrected chi connectivity index (χ2v) is 7.73. The molecule has 0 amide bonds. The van der Waals surface area contributed by atoms with Crippen LogP contribution in [-0.2, 0) is 0 Å². The summed E-state index contributed by atoms with van der Waals surface area (Å²) in [4.78, 5) is 0. The summed E-state index contributed by atoms with van der Waals surface area (Å²) >= 11 is 0. The fourth-order valence-corrected chi connectivity index (χ4v) is 3.14. The van der Waals surface area contributed by atoms with E-state index in [0.717, 1.165) is 13.8 Å². The Labute approximate surface area is 158 Å². The second-order valence-electron chi connectivity index (χ2n) is 7.73. The molecule has 0 bridgehead atoms. The van der Waals surface area contributed by atoms with Crippen LogP contribution in [0.3, 0.4) is 0 Å². The van der Waals surface area contributed by atoms with Crippen molar-refractivity contribution in [2.24, 2.45) is 11.5 Å². The topological polar surface area (TPSA) is 275 Å². The highest BCUT2D eigenvalue weighted by Gasteiger charge is 2.63. The predicted molar refractivity (Wildman–Crippen MR) is 86.5 cm³/mol. The molecule has 0 aromatic heterocycles. The lowest BCUT2D eigenvalue weighted by Gasteiger charge is -2.50. The van der Waals surface area contributed by atoms with Gasteiger partial charge in [0.15, 0.2) is 5.72 Å². The second kappa shape index (κ2) is 7.59. The Hall–Kier alpha value is -0.590. The van der Waals surface area contributed by atoms with Crippen molar-refractivity contribution in [1.82, 2.24) is 0 Å². The van der Waals surface area contributed by atoms with Gasteiger partial charge in [-0.3, -0.25) is 11.5 Å². The SMILES string of the molecule is C[C@@]1(O)[C@@H](O)[C@@](N)(O)[C@@H](O)[C@@H](O)[C@@H]1O.C[C@@]1(O)[C@@H](O)[C@](N)(F)[C@@H](O)[C@@H](O)[C@@H]1O. The number of nitrogens with two attached hydrogens (primary N) is 2. The minimum absolute atomic E-state index is 0.915. The van der Waals surface area contributed by atoms with E-state index in [1.54, 1.807) is 0 Å². The summed E-state index contributed by atoms with van der Waals surface area (Å²) in [7, 11) is 0. The van der Waals surface area contributed by atoms with Crippen molar-refractivity contribution < 1.29 is 60.6 Å². The highest BCUT2D eigenvalue weighted by atomic mass is 19.1. The van der Waals surface area contributed by atoms with Crippen LogP contribution in [0, 0.1) is 0 Å². The molecule has 0 aromatic rings. The zero-order chi connectivity index (χ0) is 22.6. The van der Waals surface area contributed by atoms with Gasteiger partial charge in [0.1, 0.15) is 60.0 Å². The van der Waals surface area contributed by atoms with Gasteiger partial charge in [0.05, 0.1) is 0 Å². The maximum atomic E-state index is 13.4. The van der Waals surface area contributed by atoms with Crippen LogP contribution in [0.4, 0.5) is 4.39 Å². The standard InChI is InChI=1S/C7H14FNO5.C7H15NO6/c1-6(14)3(11)2(10)4(12)7(8,9)5(6)13;1-6(13)3(10)2(9)4(11)7(8,14)5(6)12/h2-5,10-14H,9H2,1H3;2-5,9-14H,8H2,1H3/t2*2-,3-,4-,5+,6-,7-/m00/s1. The van der Waals surface area contributed by atoms with E-state index in [-0.39, 0.29) is 0 Å². The van der Waals surface area contributed by atoms with Crippen molar-refractivity contribution in [2.45, 2.75) is 85.4 Å². The van der Waals surface area contributed by atoms with Gasteiger partial charge in [-0.2, -0.15) is 0 Å². The van der Waals surface area contributed by atoms with Crippen molar-refractivity contribution in [3.05, 3.63) is 0 Å². The maximum Gasteiger partial charge on any atom is 0.216 e. The van der Waals surface area contributed by atoms with Crippen molar-refractivity contribution >= 4 is 0 Å². The molecule has 0 heterocycles. The molecule has 2 aliphatic rings. The Morgan fingerprint density at radius 2 is 0.929 bits per heavy atom. The molecule has 0 spiro atoms. The highest BCUT2D eigenvalue weighted by molar-refractivity contribution is 5.12. The van der Waals surface area contributed by atoms with E-state index in [0.29, 0.717) is 0 Å². The Morgan fingerprint density at radius 1 is 0.607 bits per heavy atom. The highest BCUT2D eigenvalue weighted by Crippen LogP contribution is 2.36. The van der Waals surface area contributed by atoms with Gasteiger partial charge in [0.2, 0.25) is 5.79 Å². The molecule has 13 nitrogen and oxygen atoms in total. The summed E-state index contributed by atoms with van der Waals surface area (Å²) in [5.41, 5.74) is 2.94. The van der Waals surface area contributed by atoms with Gasteiger partial charge < -0.3 is 56.2 Å². The molecule has 2 aliphatic carbocycles. The lowest BCUT2D eigenvalue weighted by Crippen LogP contribution is -2.78. The molecule has 14 heteroatoms. The van der Waals surface area contributed by atoms with Gasteiger partial charge in [0.25, 0.3) is 0 Å². The Morgan fingerprint density at radius 3 is 1.32 bits per heavy atom. The Balaban J connectivity index is 0.000000280. The Kier molecular flexibility index (Phi) is 6.89. The first-order valence-electron chi connectivity index (χ1n) is 8.15. The average molecular weight is 420 g/mol. The molecule has 2 rings (SSSR count). The van der Waals surface area contributed by atoms with E-state index < -0.39 is 71.6 Å². The quantitative estimate of drug-likeness (QED) is 0.128. The number of rotatable bonds is 0. The molecule has 2 fully saturated rings. The largest absolute Gasteiger partial charge is 0.387 e. The molecule has 0 saturated heterocycles. The van der Waals surface area contributed by atoms with Crippen LogP contribution in [-0.4, -0.2) is 128 Å². The van der Waals surface area contributed by atoms with Crippen molar-refractivity contribution in [1.29, 1.82) is 0 Å². The fourth-order valence-electron chi connectivity index (χ4n) is 3.14. The third kappa shape index (κ3) is 3.77. The van der Waals surface area contributed by atoms with Gasteiger partial charge >= 0.3 is 0 Å². The average Bonchev–Trinajstić information content (AvgIpc) is 2.61.